The molecule has 0 saturated carbocycles. The van der Waals surface area contributed by atoms with Crippen LogP contribution in [0.5, 0.6) is 11.5 Å². The van der Waals surface area contributed by atoms with Crippen molar-refractivity contribution in [1.29, 1.82) is 0 Å². The summed E-state index contributed by atoms with van der Waals surface area (Å²) < 4.78 is 11.8. The average molecular weight is 400 g/mol. The predicted octanol–water partition coefficient (Wildman–Crippen LogP) is 5.34. The third kappa shape index (κ3) is 6.40. The molecule has 0 heterocycles. The summed E-state index contributed by atoms with van der Waals surface area (Å²) in [5.74, 6) is 4.33. The van der Waals surface area contributed by atoms with E-state index < -0.39 is 0 Å². The SMILES string of the molecule is C#CCN(CCCc1ccccc1)Cc1cccc(OC)c1OCc1ccccc1. The summed E-state index contributed by atoms with van der Waals surface area (Å²) in [6.45, 7) is 2.75. The van der Waals surface area contributed by atoms with Gasteiger partial charge in [-0.1, -0.05) is 78.7 Å². The van der Waals surface area contributed by atoms with Crippen LogP contribution in [0.25, 0.3) is 0 Å². The maximum absolute atomic E-state index is 6.19. The van der Waals surface area contributed by atoms with Gasteiger partial charge >= 0.3 is 0 Å². The molecule has 3 aromatic rings. The summed E-state index contributed by atoms with van der Waals surface area (Å²) in [7, 11) is 1.67. The lowest BCUT2D eigenvalue weighted by Crippen LogP contribution is -2.25. The van der Waals surface area contributed by atoms with Crippen molar-refractivity contribution in [2.75, 3.05) is 20.2 Å². The highest BCUT2D eigenvalue weighted by molar-refractivity contribution is 5.46. The first-order chi connectivity index (χ1) is 14.8. The van der Waals surface area contributed by atoms with E-state index >= 15 is 0 Å². The molecule has 3 aromatic carbocycles. The van der Waals surface area contributed by atoms with Gasteiger partial charge in [0.15, 0.2) is 11.5 Å². The number of methoxy groups -OCH3 is 1. The van der Waals surface area contributed by atoms with Crippen LogP contribution in [0.4, 0.5) is 0 Å². The zero-order valence-corrected chi connectivity index (χ0v) is 17.6. The summed E-state index contributed by atoms with van der Waals surface area (Å²) in [5, 5.41) is 0. The minimum atomic E-state index is 0.497. The van der Waals surface area contributed by atoms with Gasteiger partial charge < -0.3 is 9.47 Å². The zero-order chi connectivity index (χ0) is 21.0. The maximum Gasteiger partial charge on any atom is 0.166 e. The fourth-order valence-electron chi connectivity index (χ4n) is 3.48. The molecule has 0 amide bonds. The molecule has 30 heavy (non-hydrogen) atoms. The first kappa shape index (κ1) is 21.5. The number of rotatable bonds is 11. The Hall–Kier alpha value is -3.22. The lowest BCUT2D eigenvalue weighted by atomic mass is 10.1. The van der Waals surface area contributed by atoms with Gasteiger partial charge in [-0.05, 0) is 36.6 Å². The van der Waals surface area contributed by atoms with E-state index in [-0.39, 0.29) is 0 Å². The number of nitrogens with zero attached hydrogens (tertiary/aromatic N) is 1. The fourth-order valence-corrected chi connectivity index (χ4v) is 3.48. The van der Waals surface area contributed by atoms with E-state index in [9.17, 15) is 0 Å². The minimum absolute atomic E-state index is 0.497. The topological polar surface area (TPSA) is 21.7 Å². The van der Waals surface area contributed by atoms with E-state index in [1.807, 2.05) is 36.4 Å². The number of terminal acetylenes is 1. The highest BCUT2D eigenvalue weighted by Gasteiger charge is 2.14. The lowest BCUT2D eigenvalue weighted by Gasteiger charge is -2.22. The molecule has 0 aliphatic rings. The second kappa shape index (κ2) is 11.7. The summed E-state index contributed by atoms with van der Waals surface area (Å²) in [6.07, 6.45) is 7.74. The van der Waals surface area contributed by atoms with Crippen molar-refractivity contribution < 1.29 is 9.47 Å². The molecule has 154 valence electrons. The van der Waals surface area contributed by atoms with Gasteiger partial charge in [0.25, 0.3) is 0 Å². The molecule has 0 unspecified atom stereocenters. The van der Waals surface area contributed by atoms with E-state index in [1.54, 1.807) is 7.11 Å². The van der Waals surface area contributed by atoms with Crippen molar-refractivity contribution in [2.45, 2.75) is 26.0 Å². The highest BCUT2D eigenvalue weighted by Crippen LogP contribution is 2.32. The second-order valence-electron chi connectivity index (χ2n) is 7.23. The molecule has 0 spiro atoms. The van der Waals surface area contributed by atoms with Crippen LogP contribution in [0.1, 0.15) is 23.1 Å². The third-order valence-corrected chi connectivity index (χ3v) is 5.00. The Bertz CT molecular complexity index is 932. The van der Waals surface area contributed by atoms with Crippen molar-refractivity contribution in [3.8, 4) is 23.8 Å². The smallest absolute Gasteiger partial charge is 0.166 e. The van der Waals surface area contributed by atoms with Crippen LogP contribution in [0.15, 0.2) is 78.9 Å². The van der Waals surface area contributed by atoms with Gasteiger partial charge in [0.05, 0.1) is 13.7 Å². The second-order valence-corrected chi connectivity index (χ2v) is 7.23. The van der Waals surface area contributed by atoms with E-state index in [4.69, 9.17) is 15.9 Å². The number of para-hydroxylation sites is 1. The first-order valence-electron chi connectivity index (χ1n) is 10.3. The van der Waals surface area contributed by atoms with E-state index in [1.165, 1.54) is 5.56 Å². The minimum Gasteiger partial charge on any atom is -0.493 e. The number of aryl methyl sites for hydroxylation is 1. The van der Waals surface area contributed by atoms with Crippen molar-refractivity contribution in [2.24, 2.45) is 0 Å². The molecule has 0 aromatic heterocycles. The van der Waals surface area contributed by atoms with Crippen LogP contribution in [0.2, 0.25) is 0 Å². The molecule has 0 atom stereocenters. The van der Waals surface area contributed by atoms with Crippen LogP contribution < -0.4 is 9.47 Å². The van der Waals surface area contributed by atoms with Crippen molar-refractivity contribution >= 4 is 0 Å². The molecule has 3 nitrogen and oxygen atoms in total. The van der Waals surface area contributed by atoms with Gasteiger partial charge in [-0.2, -0.15) is 0 Å². The number of hydrogen-bond acceptors (Lipinski definition) is 3. The van der Waals surface area contributed by atoms with Gasteiger partial charge in [-0.3, -0.25) is 4.90 Å². The van der Waals surface area contributed by atoms with Gasteiger partial charge in [0.2, 0.25) is 0 Å². The average Bonchev–Trinajstić information content (AvgIpc) is 2.79. The number of ether oxygens (including phenoxy) is 2. The standard InChI is InChI=1S/C27H29NO2/c1-3-19-28(20-11-16-23-12-6-4-7-13-23)21-25-17-10-18-26(29-2)27(25)30-22-24-14-8-5-9-15-24/h1,4-10,12-15,17-18H,11,16,19-22H2,2H3. The van der Waals surface area contributed by atoms with Crippen LogP contribution >= 0.6 is 0 Å². The number of benzene rings is 3. The Labute approximate surface area is 180 Å². The fraction of sp³-hybridized carbons (Fsp3) is 0.259. The van der Waals surface area contributed by atoms with E-state index in [0.717, 1.165) is 48.6 Å². The Morgan fingerprint density at radius 1 is 0.867 bits per heavy atom. The molecule has 0 aliphatic carbocycles. The molecule has 0 fully saturated rings. The zero-order valence-electron chi connectivity index (χ0n) is 17.6. The van der Waals surface area contributed by atoms with E-state index in [0.29, 0.717) is 13.2 Å². The number of hydrogen-bond donors (Lipinski definition) is 0. The molecule has 0 radical (unpaired) electrons. The quantitative estimate of drug-likeness (QED) is 0.406. The van der Waals surface area contributed by atoms with Gasteiger partial charge in [-0.15, -0.1) is 6.42 Å². The van der Waals surface area contributed by atoms with Crippen LogP contribution in [0.3, 0.4) is 0 Å². The highest BCUT2D eigenvalue weighted by atomic mass is 16.5. The summed E-state index contributed by atoms with van der Waals surface area (Å²) >= 11 is 0. The summed E-state index contributed by atoms with van der Waals surface area (Å²) in [5.41, 5.74) is 3.56. The molecular weight excluding hydrogens is 370 g/mol. The Morgan fingerprint density at radius 2 is 1.57 bits per heavy atom. The molecule has 3 heteroatoms. The van der Waals surface area contributed by atoms with Crippen molar-refractivity contribution in [1.82, 2.24) is 4.90 Å². The third-order valence-electron chi connectivity index (χ3n) is 5.00. The summed E-state index contributed by atoms with van der Waals surface area (Å²) in [4.78, 5) is 2.28. The van der Waals surface area contributed by atoms with Crippen LogP contribution in [-0.4, -0.2) is 25.1 Å². The molecule has 0 aliphatic heterocycles. The van der Waals surface area contributed by atoms with Gasteiger partial charge in [-0.25, -0.2) is 0 Å². The molecule has 0 bridgehead atoms. The summed E-state index contributed by atoms with van der Waals surface area (Å²) in [6, 6.07) is 26.7. The Balaban J connectivity index is 1.68. The van der Waals surface area contributed by atoms with Gasteiger partial charge in [0.1, 0.15) is 6.61 Å². The van der Waals surface area contributed by atoms with E-state index in [2.05, 4.69) is 53.3 Å². The first-order valence-corrected chi connectivity index (χ1v) is 10.3. The monoisotopic (exact) mass is 399 g/mol. The Morgan fingerprint density at radius 3 is 2.23 bits per heavy atom. The normalized spacial score (nSPS) is 10.6. The van der Waals surface area contributed by atoms with Crippen LogP contribution in [-0.2, 0) is 19.6 Å². The van der Waals surface area contributed by atoms with Gasteiger partial charge in [0, 0.05) is 12.1 Å². The molecule has 3 rings (SSSR count). The Kier molecular flexibility index (Phi) is 8.38. The lowest BCUT2D eigenvalue weighted by molar-refractivity contribution is 0.261. The maximum atomic E-state index is 6.19. The largest absolute Gasteiger partial charge is 0.493 e. The van der Waals surface area contributed by atoms with Crippen LogP contribution in [0, 0.1) is 12.3 Å². The molecular formula is C27H29NO2. The predicted molar refractivity (Wildman–Crippen MR) is 123 cm³/mol. The van der Waals surface area contributed by atoms with Crippen molar-refractivity contribution in [3.63, 3.8) is 0 Å². The molecule has 0 N–H and O–H groups in total. The molecule has 0 saturated heterocycles. The van der Waals surface area contributed by atoms with Crippen molar-refractivity contribution in [3.05, 3.63) is 95.6 Å².